The Balaban J connectivity index is 1.64. The largest absolute Gasteiger partial charge is 0.436 e. The van der Waals surface area contributed by atoms with Gasteiger partial charge in [0.15, 0.2) is 5.58 Å². The fourth-order valence-electron chi connectivity index (χ4n) is 2.90. The van der Waals surface area contributed by atoms with E-state index in [0.717, 1.165) is 24.7 Å². The van der Waals surface area contributed by atoms with Crippen LogP contribution in [0.3, 0.4) is 0 Å². The molecule has 0 saturated heterocycles. The first-order valence-electron chi connectivity index (χ1n) is 8.65. The molecule has 1 N–H and O–H groups in total. The smallest absolute Gasteiger partial charge is 0.256 e. The molecular weight excluding hydrogens is 531 g/mol. The van der Waals surface area contributed by atoms with Gasteiger partial charge in [0.25, 0.3) is 5.91 Å². The van der Waals surface area contributed by atoms with Crippen molar-refractivity contribution in [3.05, 3.63) is 79.3 Å². The molecule has 0 saturated carbocycles. The molecule has 3 aromatic carbocycles. The zero-order chi connectivity index (χ0) is 19.8. The van der Waals surface area contributed by atoms with Gasteiger partial charge in [0.05, 0.1) is 5.56 Å². The molecule has 0 aliphatic carbocycles. The molecule has 6 heteroatoms. The van der Waals surface area contributed by atoms with Crippen molar-refractivity contribution in [3.63, 3.8) is 0 Å². The summed E-state index contributed by atoms with van der Waals surface area (Å²) in [5.74, 6) is 0.359. The summed E-state index contributed by atoms with van der Waals surface area (Å²) in [6, 6.07) is 17.2. The number of hydrogen-bond acceptors (Lipinski definition) is 3. The minimum absolute atomic E-state index is 0.175. The number of rotatable bonds is 3. The van der Waals surface area contributed by atoms with E-state index in [1.165, 1.54) is 11.1 Å². The van der Waals surface area contributed by atoms with Crippen molar-refractivity contribution in [1.82, 2.24) is 4.98 Å². The highest BCUT2D eigenvalue weighted by Gasteiger charge is 2.13. The summed E-state index contributed by atoms with van der Waals surface area (Å²) in [6.07, 6.45) is 0. The number of aryl methyl sites for hydroxylation is 2. The number of fused-ring (bicyclic) bond motifs is 1. The summed E-state index contributed by atoms with van der Waals surface area (Å²) in [5.41, 5.74) is 6.01. The van der Waals surface area contributed by atoms with Gasteiger partial charge in [-0.3, -0.25) is 4.79 Å². The Morgan fingerprint density at radius 2 is 1.86 bits per heavy atom. The monoisotopic (exact) mass is 546 g/mol. The lowest BCUT2D eigenvalue weighted by Crippen LogP contribution is -2.12. The molecule has 0 unspecified atom stereocenters. The zero-order valence-electron chi connectivity index (χ0n) is 15.2. The first-order chi connectivity index (χ1) is 13.4. The van der Waals surface area contributed by atoms with Gasteiger partial charge in [-0.15, -0.1) is 0 Å². The Kier molecular flexibility index (Phi) is 5.25. The van der Waals surface area contributed by atoms with Gasteiger partial charge in [-0.05, 0) is 112 Å². The standard InChI is InChI=1S/C22H16BrIN2O2/c1-12-8-19-20(9-13(12)2)28-22(26-19)14-4-3-5-16(10-14)25-21(27)17-11-15(24)6-7-18(17)23/h3-11H,1-2H3,(H,25,27). The lowest BCUT2D eigenvalue weighted by Gasteiger charge is -2.08. The number of anilines is 1. The third kappa shape index (κ3) is 3.84. The number of halogens is 2. The van der Waals surface area contributed by atoms with Crippen LogP contribution < -0.4 is 5.32 Å². The number of aromatic nitrogens is 1. The maximum Gasteiger partial charge on any atom is 0.256 e. The molecular formula is C22H16BrIN2O2. The van der Waals surface area contributed by atoms with Crippen LogP contribution >= 0.6 is 38.5 Å². The predicted molar refractivity (Wildman–Crippen MR) is 124 cm³/mol. The van der Waals surface area contributed by atoms with Gasteiger partial charge >= 0.3 is 0 Å². The average molecular weight is 547 g/mol. The molecule has 28 heavy (non-hydrogen) atoms. The third-order valence-corrected chi connectivity index (χ3v) is 5.91. The second-order valence-electron chi connectivity index (χ2n) is 6.58. The SMILES string of the molecule is Cc1cc2nc(-c3cccc(NC(=O)c4cc(I)ccc4Br)c3)oc2cc1C. The number of nitrogens with zero attached hydrogens (tertiary/aromatic N) is 1. The van der Waals surface area contributed by atoms with Gasteiger partial charge < -0.3 is 9.73 Å². The normalized spacial score (nSPS) is 11.0. The lowest BCUT2D eigenvalue weighted by atomic mass is 10.1. The molecule has 140 valence electrons. The summed E-state index contributed by atoms with van der Waals surface area (Å²) >= 11 is 5.63. The Morgan fingerprint density at radius 1 is 1.07 bits per heavy atom. The Hall–Kier alpha value is -2.19. The van der Waals surface area contributed by atoms with Gasteiger partial charge in [-0.2, -0.15) is 0 Å². The van der Waals surface area contributed by atoms with Crippen LogP contribution in [0.15, 0.2) is 63.5 Å². The second kappa shape index (κ2) is 7.67. The molecule has 0 bridgehead atoms. The van der Waals surface area contributed by atoms with Crippen molar-refractivity contribution in [3.8, 4) is 11.5 Å². The van der Waals surface area contributed by atoms with Gasteiger partial charge in [0.2, 0.25) is 5.89 Å². The number of carbonyl (C=O) groups excluding carboxylic acids is 1. The maximum absolute atomic E-state index is 12.7. The number of carbonyl (C=O) groups is 1. The summed E-state index contributed by atoms with van der Waals surface area (Å²) < 4.78 is 7.69. The molecule has 0 radical (unpaired) electrons. The van der Waals surface area contributed by atoms with Crippen LogP contribution in [0, 0.1) is 17.4 Å². The summed E-state index contributed by atoms with van der Waals surface area (Å²) in [7, 11) is 0. The van der Waals surface area contributed by atoms with Gasteiger partial charge in [0, 0.05) is 19.3 Å². The molecule has 1 aromatic heterocycles. The quantitative estimate of drug-likeness (QED) is 0.290. The van der Waals surface area contributed by atoms with Crippen LogP contribution in [0.4, 0.5) is 5.69 Å². The Bertz CT molecular complexity index is 1180. The topological polar surface area (TPSA) is 55.1 Å². The molecule has 4 aromatic rings. The number of amides is 1. The molecule has 4 nitrogen and oxygen atoms in total. The van der Waals surface area contributed by atoms with E-state index in [4.69, 9.17) is 4.42 Å². The molecule has 4 rings (SSSR count). The molecule has 0 fully saturated rings. The molecule has 1 heterocycles. The Morgan fingerprint density at radius 3 is 2.68 bits per heavy atom. The third-order valence-electron chi connectivity index (χ3n) is 4.54. The number of benzene rings is 3. The van der Waals surface area contributed by atoms with Gasteiger partial charge in [-0.1, -0.05) is 6.07 Å². The van der Waals surface area contributed by atoms with E-state index in [1.54, 1.807) is 0 Å². The molecule has 0 spiro atoms. The van der Waals surface area contributed by atoms with Gasteiger partial charge in [-0.25, -0.2) is 4.98 Å². The first kappa shape index (κ1) is 19.1. The van der Waals surface area contributed by atoms with E-state index < -0.39 is 0 Å². The van der Waals surface area contributed by atoms with E-state index in [-0.39, 0.29) is 5.91 Å². The van der Waals surface area contributed by atoms with Crippen LogP contribution in [0.25, 0.3) is 22.6 Å². The zero-order valence-corrected chi connectivity index (χ0v) is 19.0. The van der Waals surface area contributed by atoms with Gasteiger partial charge in [0.1, 0.15) is 5.52 Å². The van der Waals surface area contributed by atoms with E-state index >= 15 is 0 Å². The van der Waals surface area contributed by atoms with Crippen LogP contribution in [-0.4, -0.2) is 10.9 Å². The number of nitrogens with one attached hydrogen (secondary N) is 1. The summed E-state index contributed by atoms with van der Waals surface area (Å²) in [4.78, 5) is 17.3. The molecule has 0 aliphatic rings. The average Bonchev–Trinajstić information content (AvgIpc) is 3.07. The maximum atomic E-state index is 12.7. The summed E-state index contributed by atoms with van der Waals surface area (Å²) in [6.45, 7) is 4.11. The predicted octanol–water partition coefficient (Wildman–Crippen LogP) is 6.73. The van der Waals surface area contributed by atoms with E-state index in [9.17, 15) is 4.79 Å². The molecule has 0 atom stereocenters. The van der Waals surface area contributed by atoms with Crippen LogP contribution in [0.5, 0.6) is 0 Å². The van der Waals surface area contributed by atoms with Crippen LogP contribution in [0.1, 0.15) is 21.5 Å². The number of oxazole rings is 1. The van der Waals surface area contributed by atoms with Crippen LogP contribution in [0.2, 0.25) is 0 Å². The van der Waals surface area contributed by atoms with Crippen molar-refractivity contribution >= 4 is 61.2 Å². The first-order valence-corrected chi connectivity index (χ1v) is 10.5. The van der Waals surface area contributed by atoms with Crippen molar-refractivity contribution in [2.75, 3.05) is 5.32 Å². The second-order valence-corrected chi connectivity index (χ2v) is 8.68. The Labute approximate surface area is 184 Å². The minimum atomic E-state index is -0.175. The van der Waals surface area contributed by atoms with Crippen molar-refractivity contribution in [2.24, 2.45) is 0 Å². The van der Waals surface area contributed by atoms with E-state index in [2.05, 4.69) is 62.7 Å². The summed E-state index contributed by atoms with van der Waals surface area (Å²) in [5, 5.41) is 2.95. The van der Waals surface area contributed by atoms with Crippen LogP contribution in [-0.2, 0) is 0 Å². The molecule has 1 amide bonds. The number of hydrogen-bond donors (Lipinski definition) is 1. The highest BCUT2D eigenvalue weighted by molar-refractivity contribution is 14.1. The highest BCUT2D eigenvalue weighted by atomic mass is 127. The van der Waals surface area contributed by atoms with Crippen molar-refractivity contribution < 1.29 is 9.21 Å². The minimum Gasteiger partial charge on any atom is -0.436 e. The lowest BCUT2D eigenvalue weighted by molar-refractivity contribution is 0.102. The highest BCUT2D eigenvalue weighted by Crippen LogP contribution is 2.28. The van der Waals surface area contributed by atoms with E-state index in [0.29, 0.717) is 17.1 Å². The van der Waals surface area contributed by atoms with Crippen molar-refractivity contribution in [1.29, 1.82) is 0 Å². The van der Waals surface area contributed by atoms with E-state index in [1.807, 2.05) is 54.6 Å². The fraction of sp³-hybridized carbons (Fsp3) is 0.0909. The fourth-order valence-corrected chi connectivity index (χ4v) is 3.82. The van der Waals surface area contributed by atoms with Crippen molar-refractivity contribution in [2.45, 2.75) is 13.8 Å². The molecule has 0 aliphatic heterocycles.